The standard InChI is InChI=1S/C18H17N3O.C4H8O2/c19-17(20)13-5-7-14(8-6-13)18(22)21-16-10-9-12-3-1-2-4-15(12)11-16;1-3-6-4(2)5/h2,4-11H,1,3H2,(H3,19,20)(H,21,22);3H2,1-2H3. The first-order chi connectivity index (χ1) is 13.4. The van der Waals surface area contributed by atoms with Crippen LogP contribution in [0.4, 0.5) is 5.69 Å². The average molecular weight is 379 g/mol. The Morgan fingerprint density at radius 1 is 1.14 bits per heavy atom. The summed E-state index contributed by atoms with van der Waals surface area (Å²) in [5.41, 5.74) is 9.81. The fraction of sp³-hybridized carbons (Fsp3) is 0.227. The first kappa shape index (κ1) is 20.9. The number of amidine groups is 1. The zero-order valence-corrected chi connectivity index (χ0v) is 16.1. The zero-order valence-electron chi connectivity index (χ0n) is 16.1. The summed E-state index contributed by atoms with van der Waals surface area (Å²) >= 11 is 0. The molecule has 2 aromatic rings. The summed E-state index contributed by atoms with van der Waals surface area (Å²) < 4.78 is 4.40. The van der Waals surface area contributed by atoms with Crippen molar-refractivity contribution < 1.29 is 14.3 Å². The second-order valence-electron chi connectivity index (χ2n) is 6.22. The molecule has 0 bridgehead atoms. The molecular weight excluding hydrogens is 354 g/mol. The molecule has 0 atom stereocenters. The number of nitrogens with one attached hydrogen (secondary N) is 2. The molecule has 0 aromatic heterocycles. The van der Waals surface area contributed by atoms with Crippen molar-refractivity contribution in [1.82, 2.24) is 0 Å². The SMILES string of the molecule is CCOC(C)=O.N=C(N)c1ccc(C(=O)Nc2ccc3c(c2)C=CCC3)cc1. The number of anilines is 1. The van der Waals surface area contributed by atoms with Gasteiger partial charge in [-0.15, -0.1) is 0 Å². The molecule has 0 saturated carbocycles. The summed E-state index contributed by atoms with van der Waals surface area (Å²) in [4.78, 5) is 22.1. The molecule has 6 nitrogen and oxygen atoms in total. The van der Waals surface area contributed by atoms with Crippen LogP contribution in [0, 0.1) is 5.41 Å². The van der Waals surface area contributed by atoms with Crippen LogP contribution in [0.2, 0.25) is 0 Å². The molecule has 0 saturated heterocycles. The van der Waals surface area contributed by atoms with E-state index >= 15 is 0 Å². The third kappa shape index (κ3) is 6.09. The highest BCUT2D eigenvalue weighted by Gasteiger charge is 2.09. The van der Waals surface area contributed by atoms with Crippen LogP contribution >= 0.6 is 0 Å². The third-order valence-electron chi connectivity index (χ3n) is 4.09. The molecule has 1 aliphatic rings. The van der Waals surface area contributed by atoms with Gasteiger partial charge in [0.25, 0.3) is 5.91 Å². The van der Waals surface area contributed by atoms with Crippen molar-refractivity contribution in [1.29, 1.82) is 5.41 Å². The minimum atomic E-state index is -0.211. The molecule has 0 unspecified atom stereocenters. The quantitative estimate of drug-likeness (QED) is 0.427. The van der Waals surface area contributed by atoms with Gasteiger partial charge in [0, 0.05) is 23.7 Å². The number of ether oxygens (including phenoxy) is 1. The van der Waals surface area contributed by atoms with Crippen LogP contribution in [0.15, 0.2) is 48.5 Å². The zero-order chi connectivity index (χ0) is 20.5. The number of hydrogen-bond donors (Lipinski definition) is 3. The van der Waals surface area contributed by atoms with Crippen molar-refractivity contribution in [2.45, 2.75) is 26.7 Å². The lowest BCUT2D eigenvalue weighted by atomic mass is 9.97. The number of rotatable bonds is 4. The van der Waals surface area contributed by atoms with Crippen LogP contribution in [0.3, 0.4) is 0 Å². The molecule has 0 aliphatic heterocycles. The van der Waals surface area contributed by atoms with Crippen molar-refractivity contribution in [3.05, 3.63) is 70.8 Å². The van der Waals surface area contributed by atoms with Gasteiger partial charge in [-0.25, -0.2) is 0 Å². The number of hydrogen-bond acceptors (Lipinski definition) is 4. The highest BCUT2D eigenvalue weighted by Crippen LogP contribution is 2.23. The molecule has 6 heteroatoms. The number of carbonyl (C=O) groups excluding carboxylic acids is 2. The maximum atomic E-state index is 12.2. The lowest BCUT2D eigenvalue weighted by Gasteiger charge is -2.12. The van der Waals surface area contributed by atoms with Gasteiger partial charge in [-0.2, -0.15) is 0 Å². The Kier molecular flexibility index (Phi) is 7.51. The van der Waals surface area contributed by atoms with Gasteiger partial charge >= 0.3 is 5.97 Å². The molecule has 28 heavy (non-hydrogen) atoms. The van der Waals surface area contributed by atoms with Crippen LogP contribution in [0.5, 0.6) is 0 Å². The summed E-state index contributed by atoms with van der Waals surface area (Å²) in [5, 5.41) is 10.3. The maximum absolute atomic E-state index is 12.2. The number of allylic oxidation sites excluding steroid dienone is 1. The number of esters is 1. The topological polar surface area (TPSA) is 105 Å². The van der Waals surface area contributed by atoms with Crippen molar-refractivity contribution in [3.8, 4) is 0 Å². The number of aryl methyl sites for hydroxylation is 1. The third-order valence-corrected chi connectivity index (χ3v) is 4.09. The largest absolute Gasteiger partial charge is 0.466 e. The summed E-state index contributed by atoms with van der Waals surface area (Å²) in [7, 11) is 0. The number of carbonyl (C=O) groups is 2. The van der Waals surface area contributed by atoms with Gasteiger partial charge in [-0.1, -0.05) is 30.4 Å². The maximum Gasteiger partial charge on any atom is 0.302 e. The average Bonchev–Trinajstić information content (AvgIpc) is 2.68. The van der Waals surface area contributed by atoms with E-state index in [0.717, 1.165) is 24.1 Å². The van der Waals surface area contributed by atoms with E-state index in [1.54, 1.807) is 31.2 Å². The van der Waals surface area contributed by atoms with Gasteiger partial charge in [0.15, 0.2) is 0 Å². The molecular formula is C22H25N3O3. The molecule has 3 rings (SSSR count). The Hall–Kier alpha value is -3.41. The number of nitrogen functional groups attached to an aromatic ring is 1. The molecule has 0 fully saturated rings. The van der Waals surface area contributed by atoms with Crippen LogP contribution < -0.4 is 11.1 Å². The number of nitrogens with two attached hydrogens (primary N) is 1. The first-order valence-electron chi connectivity index (χ1n) is 9.09. The van der Waals surface area contributed by atoms with Crippen molar-refractivity contribution in [3.63, 3.8) is 0 Å². The lowest BCUT2D eigenvalue weighted by Crippen LogP contribution is -2.14. The first-order valence-corrected chi connectivity index (χ1v) is 9.09. The lowest BCUT2D eigenvalue weighted by molar-refractivity contribution is -0.140. The molecule has 1 amide bonds. The smallest absolute Gasteiger partial charge is 0.302 e. The van der Waals surface area contributed by atoms with Crippen molar-refractivity contribution >= 4 is 29.5 Å². The molecule has 0 radical (unpaired) electrons. The second-order valence-corrected chi connectivity index (χ2v) is 6.22. The van der Waals surface area contributed by atoms with Crippen LogP contribution in [-0.2, 0) is 16.0 Å². The van der Waals surface area contributed by atoms with Crippen molar-refractivity contribution in [2.75, 3.05) is 11.9 Å². The molecule has 4 N–H and O–H groups in total. The van der Waals surface area contributed by atoms with E-state index in [1.807, 2.05) is 12.1 Å². The fourth-order valence-corrected chi connectivity index (χ4v) is 2.71. The van der Waals surface area contributed by atoms with Gasteiger partial charge in [-0.05, 0) is 55.2 Å². The predicted octanol–water partition coefficient (Wildman–Crippen LogP) is 3.75. The monoisotopic (exact) mass is 379 g/mol. The fourth-order valence-electron chi connectivity index (χ4n) is 2.71. The Balaban J connectivity index is 0.000000409. The summed E-state index contributed by atoms with van der Waals surface area (Å²) in [6.07, 6.45) is 6.36. The minimum absolute atomic E-state index is 0.00608. The second kappa shape index (κ2) is 10.1. The summed E-state index contributed by atoms with van der Waals surface area (Å²) in [6, 6.07) is 12.7. The van der Waals surface area contributed by atoms with Gasteiger partial charge in [0.2, 0.25) is 0 Å². The van der Waals surface area contributed by atoms with E-state index in [2.05, 4.69) is 28.3 Å². The van der Waals surface area contributed by atoms with Crippen molar-refractivity contribution in [2.24, 2.45) is 5.73 Å². The van der Waals surface area contributed by atoms with E-state index in [1.165, 1.54) is 12.5 Å². The molecule has 0 heterocycles. The van der Waals surface area contributed by atoms with E-state index in [4.69, 9.17) is 11.1 Å². The Morgan fingerprint density at radius 2 is 1.82 bits per heavy atom. The van der Waals surface area contributed by atoms with E-state index < -0.39 is 0 Å². The number of benzene rings is 2. The van der Waals surface area contributed by atoms with Gasteiger partial charge in [0.1, 0.15) is 5.84 Å². The minimum Gasteiger partial charge on any atom is -0.466 e. The number of amides is 1. The van der Waals surface area contributed by atoms with E-state index in [0.29, 0.717) is 17.7 Å². The van der Waals surface area contributed by atoms with Crippen LogP contribution in [-0.4, -0.2) is 24.3 Å². The highest BCUT2D eigenvalue weighted by molar-refractivity contribution is 6.05. The predicted molar refractivity (Wildman–Crippen MR) is 112 cm³/mol. The Bertz CT molecular complexity index is 886. The highest BCUT2D eigenvalue weighted by atomic mass is 16.5. The summed E-state index contributed by atoms with van der Waals surface area (Å²) in [6.45, 7) is 3.65. The van der Waals surface area contributed by atoms with Gasteiger partial charge < -0.3 is 15.8 Å². The van der Waals surface area contributed by atoms with Gasteiger partial charge in [-0.3, -0.25) is 15.0 Å². The van der Waals surface area contributed by atoms with E-state index in [-0.39, 0.29) is 17.7 Å². The molecule has 2 aromatic carbocycles. The number of fused-ring (bicyclic) bond motifs is 1. The van der Waals surface area contributed by atoms with Crippen LogP contribution in [0.25, 0.3) is 6.08 Å². The normalized spacial score (nSPS) is 11.5. The van der Waals surface area contributed by atoms with Gasteiger partial charge in [0.05, 0.1) is 6.61 Å². The van der Waals surface area contributed by atoms with E-state index in [9.17, 15) is 9.59 Å². The summed E-state index contributed by atoms with van der Waals surface area (Å²) in [5.74, 6) is -0.388. The molecule has 146 valence electrons. The molecule has 1 aliphatic carbocycles. The van der Waals surface area contributed by atoms with Crippen LogP contribution in [0.1, 0.15) is 47.3 Å². The Labute approximate surface area is 164 Å². The molecule has 0 spiro atoms. The Morgan fingerprint density at radius 3 is 2.39 bits per heavy atom.